The number of fused-ring (bicyclic) bond motifs is 1. The van der Waals surface area contributed by atoms with Gasteiger partial charge in [0, 0.05) is 29.8 Å². The molecule has 0 fully saturated rings. The third-order valence-corrected chi connectivity index (χ3v) is 6.28. The van der Waals surface area contributed by atoms with Crippen LogP contribution in [0.15, 0.2) is 82.7 Å². The molecule has 34 heavy (non-hydrogen) atoms. The zero-order chi connectivity index (χ0) is 23.8. The molecule has 1 N–H and O–H groups in total. The summed E-state index contributed by atoms with van der Waals surface area (Å²) in [5, 5.41) is 7.09. The number of nitrogens with zero attached hydrogens (tertiary/aromatic N) is 2. The number of carbonyl (C=O) groups is 1. The van der Waals surface area contributed by atoms with Crippen molar-refractivity contribution in [1.29, 1.82) is 0 Å². The molecule has 0 radical (unpaired) electrons. The lowest BCUT2D eigenvalue weighted by atomic mass is 9.90. The molecule has 0 saturated carbocycles. The zero-order valence-electron chi connectivity index (χ0n) is 19.3. The lowest BCUT2D eigenvalue weighted by Gasteiger charge is -2.20. The Morgan fingerprint density at radius 3 is 2.38 bits per heavy atom. The molecule has 170 valence electrons. The van der Waals surface area contributed by atoms with Gasteiger partial charge >= 0.3 is 0 Å². The van der Waals surface area contributed by atoms with E-state index in [0.29, 0.717) is 17.7 Å². The van der Waals surface area contributed by atoms with Gasteiger partial charge in [-0.3, -0.25) is 9.59 Å². The number of ether oxygens (including phenoxy) is 1. The Labute approximate surface area is 197 Å². The maximum absolute atomic E-state index is 13.4. The Balaban J connectivity index is 1.69. The molecular formula is C28H25N3O3. The fraction of sp³-hybridized carbons (Fsp3) is 0.179. The van der Waals surface area contributed by atoms with E-state index in [0.717, 1.165) is 38.9 Å². The molecular weight excluding hydrogens is 426 g/mol. The largest absolute Gasteiger partial charge is 0.497 e. The van der Waals surface area contributed by atoms with E-state index in [2.05, 4.69) is 10.1 Å². The van der Waals surface area contributed by atoms with Crippen LogP contribution in [0.25, 0.3) is 22.0 Å². The minimum Gasteiger partial charge on any atom is -0.497 e. The fourth-order valence-electron chi connectivity index (χ4n) is 4.58. The molecule has 5 rings (SSSR count). The summed E-state index contributed by atoms with van der Waals surface area (Å²) in [6.07, 6.45) is 0.437. The summed E-state index contributed by atoms with van der Waals surface area (Å²) in [6.45, 7) is 3.53. The number of hydrogen-bond donors (Lipinski definition) is 1. The van der Waals surface area contributed by atoms with Crippen LogP contribution in [-0.2, 0) is 4.79 Å². The van der Waals surface area contributed by atoms with Gasteiger partial charge in [-0.2, -0.15) is 5.10 Å². The third-order valence-electron chi connectivity index (χ3n) is 6.28. The van der Waals surface area contributed by atoms with Crippen molar-refractivity contribution in [3.63, 3.8) is 0 Å². The van der Waals surface area contributed by atoms with Gasteiger partial charge in [-0.25, -0.2) is 5.01 Å². The van der Waals surface area contributed by atoms with E-state index in [9.17, 15) is 9.59 Å². The lowest BCUT2D eigenvalue weighted by molar-refractivity contribution is -0.130. The highest BCUT2D eigenvalue weighted by atomic mass is 16.5. The van der Waals surface area contributed by atoms with Gasteiger partial charge in [-0.05, 0) is 36.2 Å². The molecule has 4 aromatic rings. The van der Waals surface area contributed by atoms with Crippen LogP contribution in [0, 0.1) is 6.92 Å². The van der Waals surface area contributed by atoms with Crippen molar-refractivity contribution in [3.8, 4) is 16.9 Å². The molecule has 1 amide bonds. The first kappa shape index (κ1) is 21.6. The van der Waals surface area contributed by atoms with Gasteiger partial charge in [0.2, 0.25) is 5.91 Å². The van der Waals surface area contributed by atoms with Crippen LogP contribution >= 0.6 is 0 Å². The number of para-hydroxylation sites is 1. The summed E-state index contributed by atoms with van der Waals surface area (Å²) < 4.78 is 5.27. The summed E-state index contributed by atoms with van der Waals surface area (Å²) in [7, 11) is 1.62. The standard InChI is InChI=1S/C28H25N3O3/c1-17-8-10-20(11-9-17)26-22-6-4-5-7-23(22)29-28(33)27(26)24-16-25(31(30-24)18(2)32)19-12-14-21(34-3)15-13-19/h4-15,25H,16H2,1-3H3,(H,29,33)/t25-/m0/s1. The molecule has 2 heterocycles. The predicted molar refractivity (Wildman–Crippen MR) is 134 cm³/mol. The quantitative estimate of drug-likeness (QED) is 0.463. The average Bonchev–Trinajstić information content (AvgIpc) is 3.29. The van der Waals surface area contributed by atoms with Crippen molar-refractivity contribution in [2.24, 2.45) is 5.10 Å². The summed E-state index contributed by atoms with van der Waals surface area (Å²) >= 11 is 0. The Morgan fingerprint density at radius 1 is 1.00 bits per heavy atom. The molecule has 1 aliphatic rings. The van der Waals surface area contributed by atoms with Crippen LogP contribution in [0.1, 0.15) is 36.1 Å². The van der Waals surface area contributed by atoms with E-state index in [1.165, 1.54) is 11.9 Å². The number of amides is 1. The molecule has 6 nitrogen and oxygen atoms in total. The number of rotatable bonds is 4. The summed E-state index contributed by atoms with van der Waals surface area (Å²) in [5.41, 5.74) is 5.49. The second-order valence-electron chi connectivity index (χ2n) is 8.52. The number of pyridine rings is 1. The Bertz CT molecular complexity index is 1470. The van der Waals surface area contributed by atoms with Crippen LogP contribution in [0.3, 0.4) is 0 Å². The molecule has 1 aliphatic heterocycles. The van der Waals surface area contributed by atoms with Gasteiger partial charge < -0.3 is 9.72 Å². The molecule has 0 spiro atoms. The van der Waals surface area contributed by atoms with Crippen molar-refractivity contribution >= 4 is 22.5 Å². The summed E-state index contributed by atoms with van der Waals surface area (Å²) in [4.78, 5) is 29.0. The number of aromatic nitrogens is 1. The first-order valence-corrected chi connectivity index (χ1v) is 11.2. The average molecular weight is 452 g/mol. The number of H-pyrrole nitrogens is 1. The first-order chi connectivity index (χ1) is 16.5. The summed E-state index contributed by atoms with van der Waals surface area (Å²) in [5.74, 6) is 0.565. The maximum Gasteiger partial charge on any atom is 0.258 e. The Morgan fingerprint density at radius 2 is 1.71 bits per heavy atom. The monoisotopic (exact) mass is 451 g/mol. The molecule has 1 atom stereocenters. The summed E-state index contributed by atoms with van der Waals surface area (Å²) in [6, 6.07) is 23.2. The van der Waals surface area contributed by atoms with Crippen LogP contribution in [0.5, 0.6) is 5.75 Å². The van der Waals surface area contributed by atoms with Crippen molar-refractivity contribution in [2.45, 2.75) is 26.3 Å². The van der Waals surface area contributed by atoms with E-state index in [1.807, 2.05) is 79.7 Å². The molecule has 0 unspecified atom stereocenters. The number of benzene rings is 3. The number of aryl methyl sites for hydroxylation is 1. The molecule has 3 aromatic carbocycles. The van der Waals surface area contributed by atoms with E-state index < -0.39 is 0 Å². The minimum atomic E-state index is -0.296. The van der Waals surface area contributed by atoms with Gasteiger partial charge in [-0.15, -0.1) is 0 Å². The van der Waals surface area contributed by atoms with Gasteiger partial charge in [0.15, 0.2) is 0 Å². The molecule has 0 bridgehead atoms. The maximum atomic E-state index is 13.4. The topological polar surface area (TPSA) is 74.8 Å². The number of aromatic amines is 1. The first-order valence-electron chi connectivity index (χ1n) is 11.2. The van der Waals surface area contributed by atoms with Crippen molar-refractivity contribution in [3.05, 3.63) is 99.8 Å². The van der Waals surface area contributed by atoms with Crippen LogP contribution in [0.4, 0.5) is 0 Å². The molecule has 6 heteroatoms. The zero-order valence-corrected chi connectivity index (χ0v) is 19.3. The number of methoxy groups -OCH3 is 1. The Kier molecular flexibility index (Phi) is 5.49. The smallest absolute Gasteiger partial charge is 0.258 e. The van der Waals surface area contributed by atoms with E-state index >= 15 is 0 Å². The second-order valence-corrected chi connectivity index (χ2v) is 8.52. The number of hydrogen-bond acceptors (Lipinski definition) is 4. The second kappa shape index (κ2) is 8.63. The third kappa shape index (κ3) is 3.77. The van der Waals surface area contributed by atoms with Crippen molar-refractivity contribution in [2.75, 3.05) is 7.11 Å². The predicted octanol–water partition coefficient (Wildman–Crippen LogP) is 5.21. The van der Waals surface area contributed by atoms with Crippen molar-refractivity contribution < 1.29 is 9.53 Å². The van der Waals surface area contributed by atoms with Gasteiger partial charge in [0.1, 0.15) is 5.75 Å². The highest BCUT2D eigenvalue weighted by Crippen LogP contribution is 2.37. The van der Waals surface area contributed by atoms with Crippen LogP contribution in [0.2, 0.25) is 0 Å². The minimum absolute atomic E-state index is 0.176. The number of carbonyl (C=O) groups excluding carboxylic acids is 1. The molecule has 0 saturated heterocycles. The Hall–Kier alpha value is -4.19. The van der Waals surface area contributed by atoms with Gasteiger partial charge in [-0.1, -0.05) is 60.2 Å². The number of hydrazone groups is 1. The molecule has 1 aromatic heterocycles. The van der Waals surface area contributed by atoms with Gasteiger partial charge in [0.05, 0.1) is 24.4 Å². The van der Waals surface area contributed by atoms with E-state index in [4.69, 9.17) is 4.74 Å². The fourth-order valence-corrected chi connectivity index (χ4v) is 4.58. The lowest BCUT2D eigenvalue weighted by Crippen LogP contribution is -2.24. The SMILES string of the molecule is COc1ccc([C@@H]2CC(c3c(-c4ccc(C)cc4)c4ccccc4[nH]c3=O)=NN2C(C)=O)cc1. The normalized spacial score (nSPS) is 15.4. The highest BCUT2D eigenvalue weighted by Gasteiger charge is 2.34. The van der Waals surface area contributed by atoms with Crippen LogP contribution < -0.4 is 10.3 Å². The van der Waals surface area contributed by atoms with Crippen molar-refractivity contribution in [1.82, 2.24) is 9.99 Å². The van der Waals surface area contributed by atoms with E-state index in [-0.39, 0.29) is 17.5 Å². The van der Waals surface area contributed by atoms with Gasteiger partial charge in [0.25, 0.3) is 5.56 Å². The number of nitrogens with one attached hydrogen (secondary N) is 1. The highest BCUT2D eigenvalue weighted by molar-refractivity contribution is 6.12. The molecule has 0 aliphatic carbocycles. The van der Waals surface area contributed by atoms with Crippen LogP contribution in [-0.4, -0.2) is 28.7 Å². The van der Waals surface area contributed by atoms with E-state index in [1.54, 1.807) is 7.11 Å².